The Kier molecular flexibility index (Phi) is 7.42. The van der Waals surface area contributed by atoms with E-state index in [-0.39, 0.29) is 5.91 Å². The van der Waals surface area contributed by atoms with E-state index >= 15 is 0 Å². The third kappa shape index (κ3) is 5.42. The lowest BCUT2D eigenvalue weighted by molar-refractivity contribution is -0.923. The van der Waals surface area contributed by atoms with Crippen molar-refractivity contribution in [3.63, 3.8) is 0 Å². The van der Waals surface area contributed by atoms with E-state index in [1.807, 2.05) is 0 Å². The van der Waals surface area contributed by atoms with E-state index in [0.29, 0.717) is 18.3 Å². The number of quaternary nitrogens is 2. The van der Waals surface area contributed by atoms with Crippen LogP contribution in [0.4, 0.5) is 0 Å². The molecule has 30 heavy (non-hydrogen) atoms. The molecule has 1 amide bonds. The third-order valence-electron chi connectivity index (χ3n) is 7.17. The summed E-state index contributed by atoms with van der Waals surface area (Å²) in [6.07, 6.45) is 5.18. The molecule has 4 N–H and O–H groups in total. The summed E-state index contributed by atoms with van der Waals surface area (Å²) in [5, 5.41) is 4.53. The van der Waals surface area contributed by atoms with E-state index in [9.17, 15) is 4.79 Å². The van der Waals surface area contributed by atoms with Gasteiger partial charge < -0.3 is 24.8 Å². The van der Waals surface area contributed by atoms with Crippen molar-refractivity contribution in [3.05, 3.63) is 36.0 Å². The normalized spacial score (nSPS) is 25.4. The van der Waals surface area contributed by atoms with Crippen LogP contribution in [0, 0.1) is 11.8 Å². The molecule has 4 rings (SSSR count). The number of hydrogen-bond donors (Lipinski definition) is 4. The van der Waals surface area contributed by atoms with E-state index in [1.54, 1.807) is 9.80 Å². The summed E-state index contributed by atoms with van der Waals surface area (Å²) < 4.78 is 5.40. The number of rotatable bonds is 8. The van der Waals surface area contributed by atoms with Crippen molar-refractivity contribution in [1.29, 1.82) is 0 Å². The van der Waals surface area contributed by atoms with Gasteiger partial charge in [-0.3, -0.25) is 4.79 Å². The number of piperidine rings is 1. The Hall–Kier alpha value is -1.89. The second-order valence-electron chi connectivity index (χ2n) is 9.12. The maximum atomic E-state index is 12.5. The maximum Gasteiger partial charge on any atom is 0.220 e. The lowest BCUT2D eigenvalue weighted by atomic mass is 9.81. The average molecular weight is 415 g/mol. The fraction of sp³-hybridized carbons (Fsp3) is 0.625. The minimum absolute atomic E-state index is 0.242. The van der Waals surface area contributed by atoms with Gasteiger partial charge in [0, 0.05) is 41.4 Å². The van der Waals surface area contributed by atoms with Crippen LogP contribution < -0.4 is 15.1 Å². The molecule has 2 aliphatic heterocycles. The highest BCUT2D eigenvalue weighted by molar-refractivity contribution is 5.82. The van der Waals surface area contributed by atoms with E-state index < -0.39 is 0 Å². The molecule has 2 aromatic rings. The van der Waals surface area contributed by atoms with Gasteiger partial charge in [-0.05, 0) is 18.4 Å². The van der Waals surface area contributed by atoms with Gasteiger partial charge in [-0.1, -0.05) is 25.1 Å². The van der Waals surface area contributed by atoms with Crippen molar-refractivity contribution in [3.8, 4) is 0 Å². The molecule has 0 bridgehead atoms. The van der Waals surface area contributed by atoms with Gasteiger partial charge in [0.2, 0.25) is 5.91 Å². The molecular formula is C24H38N4O2+2. The van der Waals surface area contributed by atoms with Crippen LogP contribution in [-0.4, -0.2) is 63.4 Å². The predicted octanol–water partition coefficient (Wildman–Crippen LogP) is 0.0203. The van der Waals surface area contributed by atoms with Gasteiger partial charge in [-0.15, -0.1) is 0 Å². The second-order valence-corrected chi connectivity index (χ2v) is 9.12. The smallest absolute Gasteiger partial charge is 0.220 e. The molecule has 164 valence electrons. The predicted molar refractivity (Wildman–Crippen MR) is 119 cm³/mol. The molecule has 1 aromatic carbocycles. The number of para-hydroxylation sites is 1. The number of aromatic amines is 1. The van der Waals surface area contributed by atoms with Crippen molar-refractivity contribution in [2.24, 2.45) is 11.8 Å². The molecule has 0 spiro atoms. The Morgan fingerprint density at radius 3 is 2.83 bits per heavy atom. The summed E-state index contributed by atoms with van der Waals surface area (Å²) in [5.41, 5.74) is 2.64. The fourth-order valence-electron chi connectivity index (χ4n) is 5.32. The van der Waals surface area contributed by atoms with E-state index in [4.69, 9.17) is 4.74 Å². The summed E-state index contributed by atoms with van der Waals surface area (Å²) >= 11 is 0. The number of morpholine rings is 1. The van der Waals surface area contributed by atoms with Gasteiger partial charge >= 0.3 is 0 Å². The number of H-pyrrole nitrogens is 1. The van der Waals surface area contributed by atoms with Crippen LogP contribution in [0.15, 0.2) is 30.5 Å². The van der Waals surface area contributed by atoms with E-state index in [1.165, 1.54) is 23.0 Å². The zero-order valence-electron chi connectivity index (χ0n) is 18.3. The number of benzene rings is 1. The van der Waals surface area contributed by atoms with Crippen molar-refractivity contribution >= 4 is 16.8 Å². The Bertz CT molecular complexity index is 814. The first-order chi connectivity index (χ1) is 14.7. The highest BCUT2D eigenvalue weighted by Gasteiger charge is 2.32. The van der Waals surface area contributed by atoms with Crippen molar-refractivity contribution in [1.82, 2.24) is 10.3 Å². The Labute approximate surface area is 179 Å². The van der Waals surface area contributed by atoms with E-state index in [2.05, 4.69) is 47.7 Å². The number of nitrogens with one attached hydrogen (secondary N) is 4. The van der Waals surface area contributed by atoms with Crippen molar-refractivity contribution < 1.29 is 19.3 Å². The van der Waals surface area contributed by atoms with Crippen LogP contribution in [0.1, 0.15) is 31.7 Å². The van der Waals surface area contributed by atoms with Gasteiger partial charge in [0.1, 0.15) is 19.6 Å². The number of aromatic nitrogens is 1. The van der Waals surface area contributed by atoms with Gasteiger partial charge in [-0.25, -0.2) is 0 Å². The topological polar surface area (TPSA) is 63.0 Å². The zero-order chi connectivity index (χ0) is 20.8. The first-order valence-electron chi connectivity index (χ1n) is 11.8. The minimum atomic E-state index is 0.242. The maximum absolute atomic E-state index is 12.5. The summed E-state index contributed by atoms with van der Waals surface area (Å²) in [5.74, 6) is 1.40. The lowest BCUT2D eigenvalue weighted by Crippen LogP contribution is -3.14. The van der Waals surface area contributed by atoms with Crippen LogP contribution >= 0.6 is 0 Å². The van der Waals surface area contributed by atoms with Gasteiger partial charge in [0.05, 0.1) is 39.4 Å². The molecule has 0 aliphatic carbocycles. The molecule has 2 fully saturated rings. The summed E-state index contributed by atoms with van der Waals surface area (Å²) in [6.45, 7) is 11.3. The number of hydrogen-bond acceptors (Lipinski definition) is 2. The van der Waals surface area contributed by atoms with Crippen LogP contribution in [0.3, 0.4) is 0 Å². The van der Waals surface area contributed by atoms with Gasteiger partial charge in [0.15, 0.2) is 0 Å². The third-order valence-corrected chi connectivity index (χ3v) is 7.17. The first-order valence-corrected chi connectivity index (χ1v) is 11.8. The highest BCUT2D eigenvalue weighted by Crippen LogP contribution is 2.24. The largest absolute Gasteiger partial charge is 0.370 e. The number of carbonyl (C=O) groups is 1. The number of fused-ring (bicyclic) bond motifs is 1. The molecular weight excluding hydrogens is 376 g/mol. The molecule has 1 aromatic heterocycles. The van der Waals surface area contributed by atoms with E-state index in [0.717, 1.165) is 65.3 Å². The van der Waals surface area contributed by atoms with Gasteiger partial charge in [0.25, 0.3) is 0 Å². The summed E-state index contributed by atoms with van der Waals surface area (Å²) in [7, 11) is 0. The molecule has 2 aliphatic rings. The first kappa shape index (κ1) is 21.3. The standard InChI is InChI=1S/C24H36N4O2/c1-2-19-17-28(18-21-16-26-23-6-4-3-5-22(21)23)9-7-20(19)15-24(29)25-8-10-27-11-13-30-14-12-27/h3-6,16,19-20,26H,2,7-15,17-18H2,1H3,(H,25,29)/p+2/t19-,20-/m0/s1. The molecule has 6 nitrogen and oxygen atoms in total. The molecule has 6 heteroatoms. The SMILES string of the molecule is CC[C@H]1C[NH+](Cc2c[nH]c3ccccc23)CC[C@H]1CC(=O)NCC[NH+]1CCOCC1. The monoisotopic (exact) mass is 414 g/mol. The number of amides is 1. The molecule has 0 radical (unpaired) electrons. The lowest BCUT2D eigenvalue weighted by Gasteiger charge is -2.35. The van der Waals surface area contributed by atoms with Crippen molar-refractivity contribution in [2.45, 2.75) is 32.7 Å². The second kappa shape index (κ2) is 10.4. The number of likely N-dealkylation sites (tertiary alicyclic amines) is 1. The van der Waals surface area contributed by atoms with Crippen LogP contribution in [0.25, 0.3) is 10.9 Å². The molecule has 3 heterocycles. The van der Waals surface area contributed by atoms with Gasteiger partial charge in [-0.2, -0.15) is 0 Å². The number of carbonyl (C=O) groups excluding carboxylic acids is 1. The molecule has 1 unspecified atom stereocenters. The minimum Gasteiger partial charge on any atom is -0.370 e. The fourth-order valence-corrected chi connectivity index (χ4v) is 5.32. The van der Waals surface area contributed by atoms with Crippen LogP contribution in [0.2, 0.25) is 0 Å². The zero-order valence-corrected chi connectivity index (χ0v) is 18.3. The Balaban J connectivity index is 1.23. The van der Waals surface area contributed by atoms with Crippen LogP contribution in [0.5, 0.6) is 0 Å². The van der Waals surface area contributed by atoms with Crippen LogP contribution in [-0.2, 0) is 16.1 Å². The quantitative estimate of drug-likeness (QED) is 0.492. The average Bonchev–Trinajstić information content (AvgIpc) is 3.18. The van der Waals surface area contributed by atoms with Crippen molar-refractivity contribution in [2.75, 3.05) is 52.5 Å². The number of ether oxygens (including phenoxy) is 1. The summed E-state index contributed by atoms with van der Waals surface area (Å²) in [4.78, 5) is 19.1. The summed E-state index contributed by atoms with van der Waals surface area (Å²) in [6, 6.07) is 8.57. The molecule has 0 saturated carbocycles. The highest BCUT2D eigenvalue weighted by atomic mass is 16.5. The molecule has 2 saturated heterocycles. The Morgan fingerprint density at radius 2 is 2.00 bits per heavy atom. The molecule has 3 atom stereocenters. The Morgan fingerprint density at radius 1 is 1.17 bits per heavy atom.